The number of aromatic nitrogens is 4. The van der Waals surface area contributed by atoms with E-state index in [1.54, 1.807) is 13.2 Å². The molecule has 2 heterocycles. The smallest absolute Gasteiger partial charge is 0.336 e. The van der Waals surface area contributed by atoms with Crippen LogP contribution >= 0.6 is 0 Å². The van der Waals surface area contributed by atoms with Gasteiger partial charge in [0.05, 0.1) is 6.54 Å². The molecule has 2 N–H and O–H groups in total. The molecular weight excluding hydrogens is 368 g/mol. The van der Waals surface area contributed by atoms with Crippen molar-refractivity contribution in [3.63, 3.8) is 0 Å². The van der Waals surface area contributed by atoms with Crippen LogP contribution in [0.25, 0.3) is 11.5 Å². The molecule has 4 fully saturated rings. The molecule has 0 radical (unpaired) electrons. The Labute approximate surface area is 169 Å². The van der Waals surface area contributed by atoms with Gasteiger partial charge in [-0.05, 0) is 68.4 Å². The number of amides is 2. The molecule has 0 aromatic carbocycles. The maximum atomic E-state index is 12.6. The number of carbonyl (C=O) groups is 1. The van der Waals surface area contributed by atoms with Crippen molar-refractivity contribution < 1.29 is 4.79 Å². The molecule has 4 aliphatic carbocycles. The fraction of sp³-hybridized carbons (Fsp3) is 0.619. The number of urea groups is 1. The summed E-state index contributed by atoms with van der Waals surface area (Å²) < 4.78 is 2.87. The van der Waals surface area contributed by atoms with Gasteiger partial charge in [-0.15, -0.1) is 5.10 Å². The highest BCUT2D eigenvalue weighted by molar-refractivity contribution is 5.74. The van der Waals surface area contributed by atoms with Crippen molar-refractivity contribution in [2.45, 2.75) is 50.6 Å². The van der Waals surface area contributed by atoms with Gasteiger partial charge in [-0.2, -0.15) is 0 Å². The van der Waals surface area contributed by atoms with E-state index in [2.05, 4.69) is 20.7 Å². The SMILES string of the molecule is Cn1c(-c2ccccn2)nn(CCNC(=O)NC23CC4CC(CC(C4)C2)C3)c1=O. The Morgan fingerprint density at radius 2 is 1.86 bits per heavy atom. The summed E-state index contributed by atoms with van der Waals surface area (Å²) in [6.07, 6.45) is 9.10. The molecule has 4 bridgehead atoms. The molecule has 154 valence electrons. The lowest BCUT2D eigenvalue weighted by Crippen LogP contribution is -2.61. The lowest BCUT2D eigenvalue weighted by molar-refractivity contribution is -0.0135. The maximum absolute atomic E-state index is 12.6. The van der Waals surface area contributed by atoms with E-state index in [1.165, 1.54) is 28.5 Å². The largest absolute Gasteiger partial charge is 0.346 e. The molecule has 8 heteroatoms. The molecule has 8 nitrogen and oxygen atoms in total. The van der Waals surface area contributed by atoms with Crippen molar-refractivity contribution in [1.29, 1.82) is 0 Å². The van der Waals surface area contributed by atoms with E-state index in [4.69, 9.17) is 0 Å². The third kappa shape index (κ3) is 3.45. The van der Waals surface area contributed by atoms with Crippen molar-refractivity contribution in [2.75, 3.05) is 6.54 Å². The molecule has 29 heavy (non-hydrogen) atoms. The number of hydrogen-bond donors (Lipinski definition) is 2. The summed E-state index contributed by atoms with van der Waals surface area (Å²) in [7, 11) is 1.68. The first kappa shape index (κ1) is 18.4. The average Bonchev–Trinajstić information content (AvgIpc) is 2.96. The minimum Gasteiger partial charge on any atom is -0.336 e. The molecular formula is C21H28N6O2. The quantitative estimate of drug-likeness (QED) is 0.807. The van der Waals surface area contributed by atoms with E-state index in [-0.39, 0.29) is 17.3 Å². The summed E-state index contributed by atoms with van der Waals surface area (Å²) >= 11 is 0. The average molecular weight is 396 g/mol. The van der Waals surface area contributed by atoms with Crippen LogP contribution < -0.4 is 16.3 Å². The van der Waals surface area contributed by atoms with Gasteiger partial charge in [-0.1, -0.05) is 6.07 Å². The fourth-order valence-corrected chi connectivity index (χ4v) is 6.18. The molecule has 2 aromatic heterocycles. The predicted molar refractivity (Wildman–Crippen MR) is 108 cm³/mol. The van der Waals surface area contributed by atoms with Crippen LogP contribution in [0.15, 0.2) is 29.2 Å². The number of nitrogens with one attached hydrogen (secondary N) is 2. The standard InChI is InChI=1S/C21H28N6O2/c1-26-18(17-4-2-3-5-22-17)25-27(20(26)29)7-6-23-19(28)24-21-11-14-8-15(12-21)10-16(9-14)13-21/h2-5,14-16H,6-13H2,1H3,(H2,23,24,28). The number of hydrogen-bond acceptors (Lipinski definition) is 4. The first-order valence-corrected chi connectivity index (χ1v) is 10.6. The Hall–Kier alpha value is -2.64. The highest BCUT2D eigenvalue weighted by atomic mass is 16.2. The normalized spacial score (nSPS) is 29.8. The van der Waals surface area contributed by atoms with Crippen LogP contribution in [0, 0.1) is 17.8 Å². The summed E-state index contributed by atoms with van der Waals surface area (Å²) in [6.45, 7) is 0.685. The molecule has 4 aliphatic rings. The zero-order valence-electron chi connectivity index (χ0n) is 16.8. The van der Waals surface area contributed by atoms with E-state index in [9.17, 15) is 9.59 Å². The van der Waals surface area contributed by atoms with E-state index < -0.39 is 0 Å². The van der Waals surface area contributed by atoms with Gasteiger partial charge >= 0.3 is 11.7 Å². The third-order valence-electron chi connectivity index (χ3n) is 6.96. The van der Waals surface area contributed by atoms with Crippen molar-refractivity contribution in [3.05, 3.63) is 34.9 Å². The summed E-state index contributed by atoms with van der Waals surface area (Å²) in [4.78, 5) is 29.3. The minimum absolute atomic E-state index is 0.00713. The Kier molecular flexibility index (Phi) is 4.44. The van der Waals surface area contributed by atoms with Crippen LogP contribution in [-0.2, 0) is 13.6 Å². The molecule has 0 atom stereocenters. The number of nitrogens with zero attached hydrogens (tertiary/aromatic N) is 4. The first-order valence-electron chi connectivity index (χ1n) is 10.6. The van der Waals surface area contributed by atoms with Crippen molar-refractivity contribution in [2.24, 2.45) is 24.8 Å². The van der Waals surface area contributed by atoms with E-state index in [0.717, 1.165) is 37.0 Å². The summed E-state index contributed by atoms with van der Waals surface area (Å²) in [5.74, 6) is 2.89. The van der Waals surface area contributed by atoms with E-state index >= 15 is 0 Å². The van der Waals surface area contributed by atoms with Gasteiger partial charge in [0.15, 0.2) is 5.82 Å². The highest BCUT2D eigenvalue weighted by Gasteiger charge is 2.51. The molecule has 0 saturated heterocycles. The fourth-order valence-electron chi connectivity index (χ4n) is 6.18. The predicted octanol–water partition coefficient (Wildman–Crippen LogP) is 1.91. The van der Waals surface area contributed by atoms with Gasteiger partial charge in [0.25, 0.3) is 0 Å². The maximum Gasteiger partial charge on any atom is 0.346 e. The van der Waals surface area contributed by atoms with Gasteiger partial charge in [-0.3, -0.25) is 9.55 Å². The van der Waals surface area contributed by atoms with Crippen molar-refractivity contribution in [3.8, 4) is 11.5 Å². The van der Waals surface area contributed by atoms with Crippen LogP contribution in [0.4, 0.5) is 4.79 Å². The first-order chi connectivity index (χ1) is 14.0. The zero-order chi connectivity index (χ0) is 20.0. The molecule has 0 aliphatic heterocycles. The Morgan fingerprint density at radius 3 is 2.48 bits per heavy atom. The Morgan fingerprint density at radius 1 is 1.17 bits per heavy atom. The lowest BCUT2D eigenvalue weighted by atomic mass is 9.53. The van der Waals surface area contributed by atoms with Gasteiger partial charge in [0.2, 0.25) is 0 Å². The summed E-state index contributed by atoms with van der Waals surface area (Å²) in [5.41, 5.74) is 0.430. The van der Waals surface area contributed by atoms with Crippen LogP contribution in [0.5, 0.6) is 0 Å². The highest BCUT2D eigenvalue weighted by Crippen LogP contribution is 2.55. The number of rotatable bonds is 5. The Balaban J connectivity index is 1.19. The molecule has 0 spiro atoms. The molecule has 0 unspecified atom stereocenters. The van der Waals surface area contributed by atoms with Crippen molar-refractivity contribution >= 4 is 6.03 Å². The lowest BCUT2D eigenvalue weighted by Gasteiger charge is -2.56. The summed E-state index contributed by atoms with van der Waals surface area (Å²) in [5, 5.41) is 10.6. The van der Waals surface area contributed by atoms with Crippen LogP contribution in [-0.4, -0.2) is 37.4 Å². The molecule has 4 saturated carbocycles. The topological polar surface area (TPSA) is 93.8 Å². The van der Waals surface area contributed by atoms with Crippen LogP contribution in [0.1, 0.15) is 38.5 Å². The number of carbonyl (C=O) groups excluding carboxylic acids is 1. The van der Waals surface area contributed by atoms with Gasteiger partial charge in [-0.25, -0.2) is 14.3 Å². The molecule has 2 amide bonds. The van der Waals surface area contributed by atoms with Gasteiger partial charge in [0.1, 0.15) is 5.69 Å². The summed E-state index contributed by atoms with van der Waals surface area (Å²) in [6, 6.07) is 5.39. The van der Waals surface area contributed by atoms with Crippen LogP contribution in [0.2, 0.25) is 0 Å². The van der Waals surface area contributed by atoms with Gasteiger partial charge < -0.3 is 10.6 Å². The second kappa shape index (κ2) is 7.00. The monoisotopic (exact) mass is 396 g/mol. The van der Waals surface area contributed by atoms with Gasteiger partial charge in [0, 0.05) is 25.3 Å². The number of pyridine rings is 1. The second-order valence-corrected chi connectivity index (χ2v) is 9.18. The Bertz CT molecular complexity index is 928. The van der Waals surface area contributed by atoms with Crippen molar-refractivity contribution in [1.82, 2.24) is 30.0 Å². The van der Waals surface area contributed by atoms with E-state index in [0.29, 0.717) is 24.6 Å². The van der Waals surface area contributed by atoms with E-state index in [1.807, 2.05) is 18.2 Å². The van der Waals surface area contributed by atoms with Crippen LogP contribution in [0.3, 0.4) is 0 Å². The molecule has 6 rings (SSSR count). The molecule has 2 aromatic rings. The second-order valence-electron chi connectivity index (χ2n) is 9.18. The third-order valence-corrected chi connectivity index (χ3v) is 6.96. The zero-order valence-corrected chi connectivity index (χ0v) is 16.8. The minimum atomic E-state index is -0.214.